The van der Waals surface area contributed by atoms with Crippen LogP contribution in [0.4, 0.5) is 0 Å². The summed E-state index contributed by atoms with van der Waals surface area (Å²) in [6, 6.07) is 21.1. The van der Waals surface area contributed by atoms with Gasteiger partial charge in [0.2, 0.25) is 0 Å². The van der Waals surface area contributed by atoms with Crippen molar-refractivity contribution in [3.63, 3.8) is 0 Å². The van der Waals surface area contributed by atoms with Crippen LogP contribution in [0.2, 0.25) is 0 Å². The summed E-state index contributed by atoms with van der Waals surface area (Å²) in [6.07, 6.45) is 4.12. The van der Waals surface area contributed by atoms with E-state index in [2.05, 4.69) is 110 Å². The number of aromatic amines is 2. The van der Waals surface area contributed by atoms with E-state index < -0.39 is 0 Å². The molecule has 5 heterocycles. The van der Waals surface area contributed by atoms with E-state index in [0.717, 1.165) is 50.4 Å². The number of nitrogens with one attached hydrogen (secondary N) is 2. The molecule has 3 aromatic heterocycles. The number of hydrogen-bond acceptors (Lipinski definition) is 2. The topological polar surface area (TPSA) is 57.4 Å². The minimum Gasteiger partial charge on any atom is -0.355 e. The van der Waals surface area contributed by atoms with E-state index in [1.54, 1.807) is 0 Å². The van der Waals surface area contributed by atoms with E-state index in [0.29, 0.717) is 0 Å². The summed E-state index contributed by atoms with van der Waals surface area (Å²) < 4.78 is 0. The molecule has 0 fully saturated rings. The van der Waals surface area contributed by atoms with Crippen LogP contribution in [0.15, 0.2) is 60.7 Å². The fourth-order valence-corrected chi connectivity index (χ4v) is 4.97. The van der Waals surface area contributed by atoms with E-state index in [1.165, 1.54) is 27.8 Å². The molecule has 0 radical (unpaired) electrons. The van der Waals surface area contributed by atoms with Crippen LogP contribution in [0.1, 0.15) is 52.0 Å². The fraction of sp³-hybridized carbons (Fsp3) is 0.133. The normalized spacial score (nSPS) is 12.7. The first-order valence-corrected chi connectivity index (χ1v) is 11.6. The van der Waals surface area contributed by atoms with Crippen LogP contribution in [-0.4, -0.2) is 19.9 Å². The summed E-state index contributed by atoms with van der Waals surface area (Å²) in [5, 5.41) is 0. The molecule has 0 aliphatic carbocycles. The van der Waals surface area contributed by atoms with Crippen LogP contribution in [-0.2, 0) is 20.4 Å². The molecule has 176 valence electrons. The van der Waals surface area contributed by atoms with Crippen molar-refractivity contribution in [1.82, 2.24) is 19.9 Å². The second kappa shape index (κ2) is 8.93. The number of fused-ring (bicyclic) bond motifs is 8. The van der Waals surface area contributed by atoms with Crippen molar-refractivity contribution in [3.8, 4) is 0 Å². The van der Waals surface area contributed by atoms with Crippen LogP contribution in [0.3, 0.4) is 0 Å². The van der Waals surface area contributed by atoms with Gasteiger partial charge in [-0.2, -0.15) is 0 Å². The van der Waals surface area contributed by atoms with Crippen molar-refractivity contribution in [2.24, 2.45) is 0 Å². The van der Waals surface area contributed by atoms with E-state index in [-0.39, 0.29) is 20.4 Å². The summed E-state index contributed by atoms with van der Waals surface area (Å²) in [5.74, 6) is 0. The molecule has 4 nitrogen and oxygen atoms in total. The number of rotatable bonds is 1. The molecule has 2 aliphatic heterocycles. The smallest absolute Gasteiger partial charge is 0.0739 e. The van der Waals surface area contributed by atoms with Crippen LogP contribution >= 0.6 is 0 Å². The van der Waals surface area contributed by atoms with Crippen LogP contribution in [0.5, 0.6) is 0 Å². The molecule has 2 N–H and O–H groups in total. The second-order valence-electron chi connectivity index (χ2n) is 9.10. The number of hydrogen-bond donors (Lipinski definition) is 2. The maximum Gasteiger partial charge on any atom is 0.0739 e. The van der Waals surface area contributed by atoms with E-state index in [1.807, 2.05) is 0 Å². The maximum atomic E-state index is 5.18. The third kappa shape index (κ3) is 4.01. The molecule has 0 amide bonds. The van der Waals surface area contributed by atoms with Crippen molar-refractivity contribution in [2.75, 3.05) is 0 Å². The minimum atomic E-state index is 0. The third-order valence-electron chi connectivity index (χ3n) is 6.91. The first-order chi connectivity index (χ1) is 16.5. The van der Waals surface area contributed by atoms with Gasteiger partial charge in [0.05, 0.1) is 22.8 Å². The number of nitrogens with zero attached hydrogens (tertiary/aromatic N) is 2. The predicted molar refractivity (Wildman–Crippen MR) is 142 cm³/mol. The van der Waals surface area contributed by atoms with Gasteiger partial charge < -0.3 is 9.97 Å². The Hall–Kier alpha value is -3.52. The molecular weight excluding hydrogens is 523 g/mol. The Bertz CT molecular complexity index is 1680. The van der Waals surface area contributed by atoms with Crippen molar-refractivity contribution in [1.29, 1.82) is 0 Å². The summed E-state index contributed by atoms with van der Waals surface area (Å²) in [5.41, 5.74) is 15.3. The van der Waals surface area contributed by atoms with Gasteiger partial charge in [-0.25, -0.2) is 9.97 Å². The Labute approximate surface area is 218 Å². The molecule has 0 unspecified atom stereocenters. The van der Waals surface area contributed by atoms with Gasteiger partial charge in [0.25, 0.3) is 0 Å². The van der Waals surface area contributed by atoms with Gasteiger partial charge in [0.15, 0.2) is 0 Å². The first-order valence-electron chi connectivity index (χ1n) is 11.6. The van der Waals surface area contributed by atoms with E-state index >= 15 is 0 Å². The zero-order valence-electron chi connectivity index (χ0n) is 20.1. The summed E-state index contributed by atoms with van der Waals surface area (Å²) in [6.45, 7) is 8.69. The largest absolute Gasteiger partial charge is 0.355 e. The number of H-pyrrole nitrogens is 2. The first kappa shape index (κ1) is 23.2. The van der Waals surface area contributed by atoms with Gasteiger partial charge in [0, 0.05) is 48.1 Å². The Balaban J connectivity index is 0.00000253. The quantitative estimate of drug-likeness (QED) is 0.215. The number of aryl methyl sites for hydroxylation is 3. The summed E-state index contributed by atoms with van der Waals surface area (Å²) in [7, 11) is 0. The van der Waals surface area contributed by atoms with E-state index in [9.17, 15) is 0 Å². The summed E-state index contributed by atoms with van der Waals surface area (Å²) in [4.78, 5) is 17.2. The number of benzene rings is 1. The van der Waals surface area contributed by atoms with Crippen molar-refractivity contribution < 1.29 is 20.4 Å². The molecule has 1 aromatic carbocycles. The molecule has 35 heavy (non-hydrogen) atoms. The number of aromatic nitrogens is 4. The molecule has 2 aliphatic rings. The predicted octanol–water partition coefficient (Wildman–Crippen LogP) is 7.39. The average Bonchev–Trinajstić information content (AvgIpc) is 3.59. The van der Waals surface area contributed by atoms with Gasteiger partial charge in [-0.15, -0.1) is 0 Å². The molecule has 0 atom stereocenters. The SMILES string of the molecule is CC1=C(c2ccccc2)c2cc3ccc(cc4nc(cc5[nH]c(c(C)c1n2)c(C)c5C)C=C4)[nH]3.[Pd]. The molecule has 0 saturated heterocycles. The molecule has 8 bridgehead atoms. The zero-order valence-corrected chi connectivity index (χ0v) is 21.7. The van der Waals surface area contributed by atoms with Crippen LogP contribution < -0.4 is 0 Å². The van der Waals surface area contributed by atoms with Crippen molar-refractivity contribution in [2.45, 2.75) is 27.7 Å². The van der Waals surface area contributed by atoms with Crippen molar-refractivity contribution in [3.05, 3.63) is 106 Å². The Morgan fingerprint density at radius 2 is 1.34 bits per heavy atom. The molecule has 4 aromatic rings. The Morgan fingerprint density at radius 1 is 0.657 bits per heavy atom. The molecule has 0 saturated carbocycles. The zero-order chi connectivity index (χ0) is 23.4. The van der Waals surface area contributed by atoms with Crippen LogP contribution in [0, 0.1) is 20.8 Å². The monoisotopic (exact) mass is 548 g/mol. The average molecular weight is 549 g/mol. The molecule has 0 spiro atoms. The van der Waals surface area contributed by atoms with Gasteiger partial charge in [-0.3, -0.25) is 0 Å². The van der Waals surface area contributed by atoms with Gasteiger partial charge >= 0.3 is 0 Å². The molecule has 5 heteroatoms. The van der Waals surface area contributed by atoms with Crippen LogP contribution in [0.25, 0.3) is 45.4 Å². The summed E-state index contributed by atoms with van der Waals surface area (Å²) >= 11 is 0. The van der Waals surface area contributed by atoms with Crippen molar-refractivity contribution >= 4 is 45.4 Å². The number of allylic oxidation sites excluding steroid dienone is 1. The standard InChI is InChI=1S/C30H26N4.Pd/c1-17-18(2)29-20(4)30-19(3)28(21-8-6-5-7-9-21)27(34-30)16-25-13-11-23(32-25)14-22-10-12-24(31-22)15-26(17)33-29;/h5-16,32-33H,1-4H3;. The minimum absolute atomic E-state index is 0. The van der Waals surface area contributed by atoms with E-state index in [4.69, 9.17) is 9.97 Å². The Morgan fingerprint density at radius 3 is 2.09 bits per heavy atom. The third-order valence-corrected chi connectivity index (χ3v) is 6.91. The maximum absolute atomic E-state index is 5.18. The fourth-order valence-electron chi connectivity index (χ4n) is 4.97. The van der Waals surface area contributed by atoms with Gasteiger partial charge in [0.1, 0.15) is 0 Å². The van der Waals surface area contributed by atoms with Gasteiger partial charge in [-0.1, -0.05) is 30.3 Å². The molecular formula is C30H26N4Pd. The van der Waals surface area contributed by atoms with Gasteiger partial charge in [-0.05, 0) is 98.0 Å². The Kier molecular flexibility index (Phi) is 5.93. The molecule has 6 rings (SSSR count). The second-order valence-corrected chi connectivity index (χ2v) is 9.10.